The minimum absolute atomic E-state index is 0.0262. The number of ether oxygens (including phenoxy) is 4. The van der Waals surface area contributed by atoms with Crippen molar-refractivity contribution in [3.63, 3.8) is 0 Å². The molecule has 0 aliphatic rings. The number of aromatic amines is 1. The molecule has 0 fully saturated rings. The van der Waals surface area contributed by atoms with Crippen LogP contribution in [0.4, 0.5) is 0 Å². The number of H-pyrrole nitrogens is 1. The SMILES string of the molecule is COCCOc1cccc(Oc2ccc(C#N)cc2OCCn2c(=O)cc[nH]c2=O)c1. The Hall–Kier alpha value is -4.03. The number of hydrogen-bond acceptors (Lipinski definition) is 7. The van der Waals surface area contributed by atoms with Gasteiger partial charge < -0.3 is 23.9 Å². The highest BCUT2D eigenvalue weighted by atomic mass is 16.5. The molecule has 0 amide bonds. The first-order valence-corrected chi connectivity index (χ1v) is 9.46. The topological polar surface area (TPSA) is 116 Å². The van der Waals surface area contributed by atoms with Crippen LogP contribution in [0.2, 0.25) is 0 Å². The number of nitrogens with one attached hydrogen (secondary N) is 1. The van der Waals surface area contributed by atoms with Crippen molar-refractivity contribution >= 4 is 0 Å². The van der Waals surface area contributed by atoms with Gasteiger partial charge in [0.2, 0.25) is 0 Å². The van der Waals surface area contributed by atoms with E-state index in [2.05, 4.69) is 4.98 Å². The summed E-state index contributed by atoms with van der Waals surface area (Å²) in [5, 5.41) is 9.19. The minimum Gasteiger partial charge on any atom is -0.491 e. The Labute approximate surface area is 178 Å². The third-order valence-corrected chi connectivity index (χ3v) is 4.18. The molecule has 0 spiro atoms. The Kier molecular flexibility index (Phi) is 7.45. The lowest BCUT2D eigenvalue weighted by Crippen LogP contribution is -2.35. The Morgan fingerprint density at radius 2 is 1.81 bits per heavy atom. The van der Waals surface area contributed by atoms with Crippen LogP contribution < -0.4 is 25.5 Å². The second kappa shape index (κ2) is 10.7. The van der Waals surface area contributed by atoms with Gasteiger partial charge in [-0.3, -0.25) is 9.36 Å². The second-order valence-corrected chi connectivity index (χ2v) is 6.31. The van der Waals surface area contributed by atoms with E-state index in [-0.39, 0.29) is 13.2 Å². The zero-order valence-corrected chi connectivity index (χ0v) is 16.9. The third kappa shape index (κ3) is 5.98. The summed E-state index contributed by atoms with van der Waals surface area (Å²) in [7, 11) is 1.60. The van der Waals surface area contributed by atoms with Gasteiger partial charge in [-0.05, 0) is 24.3 Å². The fraction of sp³-hybridized carbons (Fsp3) is 0.227. The Morgan fingerprint density at radius 3 is 2.58 bits per heavy atom. The van der Waals surface area contributed by atoms with Gasteiger partial charge >= 0.3 is 5.69 Å². The van der Waals surface area contributed by atoms with Crippen LogP contribution in [0.15, 0.2) is 64.3 Å². The van der Waals surface area contributed by atoms with Crippen LogP contribution in [0, 0.1) is 11.3 Å². The van der Waals surface area contributed by atoms with Gasteiger partial charge in [0.05, 0.1) is 24.8 Å². The van der Waals surface area contributed by atoms with E-state index < -0.39 is 11.2 Å². The third-order valence-electron chi connectivity index (χ3n) is 4.18. The minimum atomic E-state index is -0.524. The summed E-state index contributed by atoms with van der Waals surface area (Å²) in [6.07, 6.45) is 1.29. The predicted molar refractivity (Wildman–Crippen MR) is 112 cm³/mol. The highest BCUT2D eigenvalue weighted by Gasteiger charge is 2.10. The first-order chi connectivity index (χ1) is 15.1. The van der Waals surface area contributed by atoms with Gasteiger partial charge in [-0.25, -0.2) is 4.79 Å². The summed E-state index contributed by atoms with van der Waals surface area (Å²) in [5.74, 6) is 1.82. The molecule has 0 atom stereocenters. The predicted octanol–water partition coefficient (Wildman–Crippen LogP) is 2.30. The van der Waals surface area contributed by atoms with Crippen molar-refractivity contribution in [2.24, 2.45) is 0 Å². The molecular formula is C22H21N3O6. The van der Waals surface area contributed by atoms with Crippen LogP contribution >= 0.6 is 0 Å². The van der Waals surface area contributed by atoms with Crippen molar-refractivity contribution in [3.05, 3.63) is 81.1 Å². The first-order valence-electron chi connectivity index (χ1n) is 9.46. The van der Waals surface area contributed by atoms with E-state index in [1.807, 2.05) is 6.07 Å². The number of rotatable bonds is 10. The Balaban J connectivity index is 1.74. The van der Waals surface area contributed by atoms with Gasteiger partial charge in [-0.2, -0.15) is 5.26 Å². The molecule has 0 unspecified atom stereocenters. The van der Waals surface area contributed by atoms with Gasteiger partial charge in [0.1, 0.15) is 24.7 Å². The fourth-order valence-corrected chi connectivity index (χ4v) is 2.68. The van der Waals surface area contributed by atoms with Gasteiger partial charge in [0.15, 0.2) is 11.5 Å². The zero-order valence-electron chi connectivity index (χ0n) is 16.9. The molecule has 0 saturated heterocycles. The normalized spacial score (nSPS) is 10.3. The average molecular weight is 423 g/mol. The molecule has 0 saturated carbocycles. The lowest BCUT2D eigenvalue weighted by atomic mass is 10.2. The monoisotopic (exact) mass is 423 g/mol. The van der Waals surface area contributed by atoms with E-state index in [1.54, 1.807) is 43.5 Å². The summed E-state index contributed by atoms with van der Waals surface area (Å²) >= 11 is 0. The second-order valence-electron chi connectivity index (χ2n) is 6.31. The molecule has 1 aromatic heterocycles. The summed E-state index contributed by atoms with van der Waals surface area (Å²) < 4.78 is 23.2. The molecular weight excluding hydrogens is 402 g/mol. The maximum absolute atomic E-state index is 11.8. The molecule has 2 aromatic carbocycles. The Morgan fingerprint density at radius 1 is 0.968 bits per heavy atom. The number of benzene rings is 2. The van der Waals surface area contributed by atoms with Crippen molar-refractivity contribution in [2.45, 2.75) is 6.54 Å². The molecule has 9 nitrogen and oxygen atoms in total. The summed E-state index contributed by atoms with van der Waals surface area (Å²) in [5.41, 5.74) is -0.572. The highest BCUT2D eigenvalue weighted by molar-refractivity contribution is 5.49. The van der Waals surface area contributed by atoms with Gasteiger partial charge in [-0.1, -0.05) is 6.07 Å². The smallest absolute Gasteiger partial charge is 0.328 e. The Bertz CT molecular complexity index is 1150. The molecule has 0 bridgehead atoms. The lowest BCUT2D eigenvalue weighted by Gasteiger charge is -2.14. The van der Waals surface area contributed by atoms with Crippen LogP contribution in [0.25, 0.3) is 0 Å². The molecule has 1 heterocycles. The van der Waals surface area contributed by atoms with E-state index >= 15 is 0 Å². The number of methoxy groups -OCH3 is 1. The maximum atomic E-state index is 11.8. The first kappa shape index (κ1) is 21.7. The van der Waals surface area contributed by atoms with Gasteiger partial charge in [-0.15, -0.1) is 0 Å². The average Bonchev–Trinajstić information content (AvgIpc) is 2.77. The molecule has 160 valence electrons. The van der Waals surface area contributed by atoms with Crippen molar-refractivity contribution in [1.29, 1.82) is 5.26 Å². The quantitative estimate of drug-likeness (QED) is 0.498. The van der Waals surface area contributed by atoms with Crippen LogP contribution in [0.5, 0.6) is 23.0 Å². The van der Waals surface area contributed by atoms with E-state index in [0.717, 1.165) is 4.57 Å². The molecule has 9 heteroatoms. The highest BCUT2D eigenvalue weighted by Crippen LogP contribution is 2.33. The van der Waals surface area contributed by atoms with E-state index in [0.29, 0.717) is 41.8 Å². The van der Waals surface area contributed by atoms with E-state index in [9.17, 15) is 14.9 Å². The number of nitrogens with zero attached hydrogens (tertiary/aromatic N) is 2. The number of hydrogen-bond donors (Lipinski definition) is 1. The van der Waals surface area contributed by atoms with E-state index in [1.165, 1.54) is 18.3 Å². The van der Waals surface area contributed by atoms with Crippen LogP contribution in [0.3, 0.4) is 0 Å². The lowest BCUT2D eigenvalue weighted by molar-refractivity contribution is 0.146. The molecule has 1 N–H and O–H groups in total. The molecule has 0 aliphatic heterocycles. The van der Waals surface area contributed by atoms with Crippen LogP contribution in [-0.4, -0.2) is 36.5 Å². The van der Waals surface area contributed by atoms with E-state index in [4.69, 9.17) is 18.9 Å². The molecule has 3 aromatic rings. The number of nitriles is 1. The molecule has 31 heavy (non-hydrogen) atoms. The summed E-state index contributed by atoms with van der Waals surface area (Å²) in [6.45, 7) is 0.932. The fourth-order valence-electron chi connectivity index (χ4n) is 2.68. The van der Waals surface area contributed by atoms with Crippen molar-refractivity contribution in [3.8, 4) is 29.1 Å². The van der Waals surface area contributed by atoms with Gasteiger partial charge in [0.25, 0.3) is 5.56 Å². The van der Waals surface area contributed by atoms with Crippen molar-refractivity contribution < 1.29 is 18.9 Å². The van der Waals surface area contributed by atoms with Crippen LogP contribution in [-0.2, 0) is 11.3 Å². The van der Waals surface area contributed by atoms with Crippen molar-refractivity contribution in [1.82, 2.24) is 9.55 Å². The zero-order chi connectivity index (χ0) is 22.1. The van der Waals surface area contributed by atoms with Gasteiger partial charge in [0, 0.05) is 31.5 Å². The number of aromatic nitrogens is 2. The molecule has 0 aliphatic carbocycles. The summed E-state index contributed by atoms with van der Waals surface area (Å²) in [4.78, 5) is 26.0. The van der Waals surface area contributed by atoms with Crippen molar-refractivity contribution in [2.75, 3.05) is 26.9 Å². The molecule has 0 radical (unpaired) electrons. The largest absolute Gasteiger partial charge is 0.491 e. The maximum Gasteiger partial charge on any atom is 0.328 e. The molecule has 3 rings (SSSR count). The standard InChI is InChI=1S/C22H21N3O6/c1-28-11-12-29-17-3-2-4-18(14-17)31-19-6-5-16(15-23)13-20(19)30-10-9-25-21(26)7-8-24-22(25)27/h2-8,13-14H,9-12H2,1H3,(H,24,27). The van der Waals surface area contributed by atoms with Crippen LogP contribution in [0.1, 0.15) is 5.56 Å². The summed E-state index contributed by atoms with van der Waals surface area (Å²) in [6, 6.07) is 15.1.